The molecule has 0 amide bonds. The SMILES string of the molecule is CC1c2cc3c4c(Br)c2OP(=O)(Oc2ccc(C(C)(C)C)cc2)Oc2c1cc1c(c2Br)OP(=O)(Oc2ccc(C(C)(C)C)cc2)Oc2c(cc5c(c2Br)OP(=O)(Oc2ccc(C(C)(C)C)cc2)Oc2c(cc(c(c2Br)OP(=O)(Oc2ccc(C(C)(C)C)cc2)O4)C3C)C5C)C1C. The molecule has 8 aromatic carbocycles. The van der Waals surface area contributed by atoms with Gasteiger partial charge in [0.2, 0.25) is 0 Å². The molecule has 8 bridgehead atoms. The molecule has 0 spiro atoms. The van der Waals surface area contributed by atoms with Crippen LogP contribution < -0.4 is 54.3 Å². The van der Waals surface area contributed by atoms with E-state index in [1.54, 1.807) is 48.5 Å². The summed E-state index contributed by atoms with van der Waals surface area (Å²) < 4.78 is 146. The molecule has 0 aromatic heterocycles. The van der Waals surface area contributed by atoms with Crippen LogP contribution in [0.2, 0.25) is 0 Å². The Hall–Kier alpha value is -5.80. The first-order valence-electron chi connectivity index (χ1n) is 31.3. The van der Waals surface area contributed by atoms with Gasteiger partial charge in [-0.25, -0.2) is 0 Å². The Morgan fingerprint density at radius 2 is 0.406 bits per heavy atom. The van der Waals surface area contributed by atoms with Gasteiger partial charge in [0.05, 0.1) is 0 Å². The lowest BCUT2D eigenvalue weighted by atomic mass is 9.80. The maximum atomic E-state index is 16.3. The highest BCUT2D eigenvalue weighted by Crippen LogP contribution is 2.70. The minimum Gasteiger partial charge on any atom is -0.386 e. The predicted octanol–water partition coefficient (Wildman–Crippen LogP) is 24.7. The van der Waals surface area contributed by atoms with Gasteiger partial charge in [0, 0.05) is 68.2 Å². The van der Waals surface area contributed by atoms with E-state index in [2.05, 4.69) is 147 Å². The summed E-state index contributed by atoms with van der Waals surface area (Å²) in [6.45, 7) is 32.6. The lowest BCUT2D eigenvalue weighted by molar-refractivity contribution is 0.282. The van der Waals surface area contributed by atoms with Crippen molar-refractivity contribution in [1.82, 2.24) is 0 Å². The number of rotatable bonds is 8. The fourth-order valence-corrected chi connectivity index (χ4v) is 21.1. The van der Waals surface area contributed by atoms with Crippen LogP contribution in [0.5, 0.6) is 69.0 Å². The molecule has 16 nitrogen and oxygen atoms in total. The molecular formula is C72H72Br4O16P4. The van der Waals surface area contributed by atoms with Crippen LogP contribution >= 0.6 is 95.0 Å². The van der Waals surface area contributed by atoms with Gasteiger partial charge in [0.25, 0.3) is 0 Å². The molecule has 96 heavy (non-hydrogen) atoms. The maximum Gasteiger partial charge on any atom is 0.647 e. The molecule has 13 rings (SSSR count). The normalized spacial score (nSPS) is 23.8. The molecule has 0 saturated heterocycles. The topological polar surface area (TPSA) is 179 Å². The number of phosphoric acid groups is 4. The highest BCUT2D eigenvalue weighted by Gasteiger charge is 2.51. The average Bonchev–Trinajstić information content (AvgIpc) is 0.717. The van der Waals surface area contributed by atoms with Crippen LogP contribution in [0.15, 0.2) is 139 Å². The second kappa shape index (κ2) is 24.0. The van der Waals surface area contributed by atoms with Crippen LogP contribution in [0.4, 0.5) is 0 Å². The fraction of sp³-hybridized carbons (Fsp3) is 0.333. The lowest BCUT2D eigenvalue weighted by Crippen LogP contribution is -2.21. The molecule has 0 saturated carbocycles. The standard InChI is InChI=1S/C72H72Br4O16P4/c1-37-49-33-51-38(2)53-35-55-40(4)56-36-54-39(3)52-34-50(37)62-58(74)64(52)88-95(79,83-47-29-21-43(22-30-47)71(11,12)13)90-66(54)60(76)68(56)92-96(80,84-48-31-23-44(24-32-48)72(14,15)16)91-67(55)59(75)65(53)89-94(78,82-46-27-19-42(20-28-46)70(8,9)10)87-63(51)57(73)61(49)85-93(77,86-62)81-45-25-17-41(18-26-45)69(5,6)7/h17-40H,1-16H3. The van der Waals surface area contributed by atoms with Crippen LogP contribution in [-0.2, 0) is 39.9 Å². The summed E-state index contributed by atoms with van der Waals surface area (Å²) in [7, 11) is -20.2. The Labute approximate surface area is 594 Å². The number of benzene rings is 8. The van der Waals surface area contributed by atoms with E-state index >= 15 is 18.3 Å². The van der Waals surface area contributed by atoms with Crippen molar-refractivity contribution >= 4 is 95.0 Å². The second-order valence-corrected chi connectivity index (χ2v) is 37.9. The Bertz CT molecular complexity index is 3980. The molecule has 5 aliphatic rings. The smallest absolute Gasteiger partial charge is 0.386 e. The van der Waals surface area contributed by atoms with E-state index in [0.29, 0.717) is 44.5 Å². The van der Waals surface area contributed by atoms with Gasteiger partial charge in [0.1, 0.15) is 40.9 Å². The average molecular weight is 1640 g/mol. The summed E-state index contributed by atoms with van der Waals surface area (Å²) in [6, 6.07) is 35.7. The van der Waals surface area contributed by atoms with Crippen LogP contribution in [0.1, 0.15) is 201 Å². The molecule has 0 N–H and O–H groups in total. The number of halogens is 4. The minimum absolute atomic E-state index is 0.0516. The van der Waals surface area contributed by atoms with Gasteiger partial charge in [0.15, 0.2) is 46.0 Å². The van der Waals surface area contributed by atoms with E-state index in [-0.39, 0.29) is 109 Å². The molecule has 24 heteroatoms. The van der Waals surface area contributed by atoms with E-state index < -0.39 is 55.0 Å². The fourth-order valence-electron chi connectivity index (χ4n) is 12.3. The zero-order chi connectivity index (χ0) is 69.1. The van der Waals surface area contributed by atoms with Gasteiger partial charge in [-0.1, -0.05) is 159 Å². The summed E-state index contributed by atoms with van der Waals surface area (Å²) in [4.78, 5) is 0. The van der Waals surface area contributed by atoms with Crippen molar-refractivity contribution in [3.63, 3.8) is 0 Å². The van der Waals surface area contributed by atoms with E-state index in [1.165, 1.54) is 0 Å². The van der Waals surface area contributed by atoms with E-state index in [9.17, 15) is 0 Å². The van der Waals surface area contributed by atoms with Crippen LogP contribution in [0, 0.1) is 0 Å². The number of phosphoric ester groups is 4. The van der Waals surface area contributed by atoms with Crippen LogP contribution in [-0.4, -0.2) is 0 Å². The molecule has 8 aromatic rings. The highest BCUT2D eigenvalue weighted by molar-refractivity contribution is 9.11. The minimum atomic E-state index is -5.04. The summed E-state index contributed by atoms with van der Waals surface area (Å²) >= 11 is 15.5. The van der Waals surface area contributed by atoms with Crippen molar-refractivity contribution in [2.75, 3.05) is 0 Å². The van der Waals surface area contributed by atoms with Gasteiger partial charge in [-0.3, -0.25) is 0 Å². The van der Waals surface area contributed by atoms with E-state index in [4.69, 9.17) is 54.3 Å². The van der Waals surface area contributed by atoms with Crippen LogP contribution in [0.3, 0.4) is 0 Å². The van der Waals surface area contributed by atoms with Gasteiger partial charge >= 0.3 is 31.3 Å². The van der Waals surface area contributed by atoms with Crippen molar-refractivity contribution in [3.8, 4) is 69.0 Å². The van der Waals surface area contributed by atoms with Crippen molar-refractivity contribution in [2.24, 2.45) is 0 Å². The molecule has 504 valence electrons. The molecule has 0 radical (unpaired) electrons. The predicted molar refractivity (Wildman–Crippen MR) is 385 cm³/mol. The number of hydrogen-bond acceptors (Lipinski definition) is 16. The third-order valence-corrected chi connectivity index (χ3v) is 25.9. The van der Waals surface area contributed by atoms with Crippen molar-refractivity contribution in [3.05, 3.63) is 206 Å². The Balaban J connectivity index is 1.12. The molecular weight excluding hydrogens is 1560 g/mol. The molecule has 4 aliphatic heterocycles. The third-order valence-electron chi connectivity index (χ3n) is 18.0. The zero-order valence-corrected chi connectivity index (χ0v) is 65.6. The van der Waals surface area contributed by atoms with Crippen molar-refractivity contribution in [2.45, 2.75) is 156 Å². The second-order valence-electron chi connectivity index (χ2n) is 29.0. The monoisotopic (exact) mass is 1630 g/mol. The third kappa shape index (κ3) is 12.7. The molecule has 0 atom stereocenters. The highest BCUT2D eigenvalue weighted by atomic mass is 79.9. The van der Waals surface area contributed by atoms with Crippen molar-refractivity contribution in [1.29, 1.82) is 0 Å². The summed E-state index contributed by atoms with van der Waals surface area (Å²) in [5.74, 6) is -2.88. The first-order valence-corrected chi connectivity index (χ1v) is 40.4. The van der Waals surface area contributed by atoms with E-state index in [0.717, 1.165) is 22.3 Å². The summed E-state index contributed by atoms with van der Waals surface area (Å²) in [5.41, 5.74) is 6.47. The van der Waals surface area contributed by atoms with Gasteiger partial charge in [-0.2, -0.15) is 18.3 Å². The Morgan fingerprint density at radius 3 is 0.531 bits per heavy atom. The van der Waals surface area contributed by atoms with Gasteiger partial charge in [-0.15, -0.1) is 0 Å². The first kappa shape index (κ1) is 68.7. The van der Waals surface area contributed by atoms with Crippen molar-refractivity contribution < 1.29 is 72.5 Å². The zero-order valence-electron chi connectivity index (χ0n) is 55.7. The largest absolute Gasteiger partial charge is 0.647 e. The molecule has 0 fully saturated rings. The summed E-state index contributed by atoms with van der Waals surface area (Å²) in [5, 5.41) is 0. The number of hydrogen-bond donors (Lipinski definition) is 0. The quantitative estimate of drug-likeness (QED) is 0.131. The molecule has 1 aliphatic carbocycles. The molecule has 0 unspecified atom stereocenters. The molecule has 4 heterocycles. The Kier molecular flexibility index (Phi) is 17.1. The van der Waals surface area contributed by atoms with Crippen LogP contribution in [0.25, 0.3) is 0 Å². The first-order chi connectivity index (χ1) is 44.7. The maximum absolute atomic E-state index is 16.3. The Morgan fingerprint density at radius 1 is 0.271 bits per heavy atom. The van der Waals surface area contributed by atoms with E-state index in [1.807, 2.05) is 100 Å². The van der Waals surface area contributed by atoms with Gasteiger partial charge in [-0.05, 0) is 180 Å². The summed E-state index contributed by atoms with van der Waals surface area (Å²) in [6.07, 6.45) is 0. The lowest BCUT2D eigenvalue weighted by Gasteiger charge is -2.36. The van der Waals surface area contributed by atoms with Gasteiger partial charge < -0.3 is 54.3 Å².